The molecule has 8 nitrogen and oxygen atoms in total. The van der Waals surface area contributed by atoms with Crippen molar-refractivity contribution in [3.05, 3.63) is 28.2 Å². The van der Waals surface area contributed by atoms with E-state index in [0.717, 1.165) is 12.1 Å². The Morgan fingerprint density at radius 3 is 2.38 bits per heavy atom. The quantitative estimate of drug-likeness (QED) is 0.553. The minimum Gasteiger partial charge on any atom is -0.478 e. The van der Waals surface area contributed by atoms with Crippen LogP contribution in [0.1, 0.15) is 16.8 Å². The summed E-state index contributed by atoms with van der Waals surface area (Å²) in [6, 6.07) is 3.47. The number of carboxylic acid groups (broad SMARTS) is 1. The summed E-state index contributed by atoms with van der Waals surface area (Å²) in [7, 11) is -7.52. The van der Waals surface area contributed by atoms with Gasteiger partial charge >= 0.3 is 5.97 Å². The maximum Gasteiger partial charge on any atom is 0.335 e. The maximum atomic E-state index is 12.0. The van der Waals surface area contributed by atoms with Crippen LogP contribution in [0.15, 0.2) is 27.6 Å². The summed E-state index contributed by atoms with van der Waals surface area (Å²) in [5, 5.41) is 13.6. The van der Waals surface area contributed by atoms with Gasteiger partial charge < -0.3 is 5.11 Å². The third-order valence-electron chi connectivity index (χ3n) is 2.37. The van der Waals surface area contributed by atoms with E-state index < -0.39 is 26.0 Å². The van der Waals surface area contributed by atoms with Crippen molar-refractivity contribution in [2.45, 2.75) is 11.3 Å². The van der Waals surface area contributed by atoms with E-state index in [9.17, 15) is 21.6 Å². The van der Waals surface area contributed by atoms with E-state index >= 15 is 0 Å². The number of hydrogen-bond acceptors (Lipinski definition) is 5. The minimum absolute atomic E-state index is 0.0306. The minimum atomic E-state index is -3.88. The third kappa shape index (κ3) is 5.71. The summed E-state index contributed by atoms with van der Waals surface area (Å²) in [4.78, 5) is 10.6. The van der Waals surface area contributed by atoms with Crippen molar-refractivity contribution in [2.75, 3.05) is 12.3 Å². The van der Waals surface area contributed by atoms with E-state index in [2.05, 4.69) is 20.7 Å². The fraction of sp³-hybridized carbons (Fsp3) is 0.300. The van der Waals surface area contributed by atoms with Crippen LogP contribution >= 0.6 is 15.9 Å². The lowest BCUT2D eigenvalue weighted by atomic mass is 10.2. The highest BCUT2D eigenvalue weighted by molar-refractivity contribution is 9.10. The lowest BCUT2D eigenvalue weighted by Gasteiger charge is -2.08. The number of sulfonamides is 2. The van der Waals surface area contributed by atoms with Crippen LogP contribution < -0.4 is 9.86 Å². The van der Waals surface area contributed by atoms with E-state index in [4.69, 9.17) is 10.2 Å². The topological polar surface area (TPSA) is 144 Å². The Morgan fingerprint density at radius 1 is 1.29 bits per heavy atom. The van der Waals surface area contributed by atoms with Crippen LogP contribution in [0.5, 0.6) is 0 Å². The maximum absolute atomic E-state index is 12.0. The van der Waals surface area contributed by atoms with Gasteiger partial charge in [-0.3, -0.25) is 0 Å². The molecule has 0 amide bonds. The summed E-state index contributed by atoms with van der Waals surface area (Å²) < 4.78 is 47.7. The van der Waals surface area contributed by atoms with Crippen molar-refractivity contribution in [3.63, 3.8) is 0 Å². The fourth-order valence-corrected chi connectivity index (χ4v) is 4.11. The molecule has 1 aromatic rings. The molecule has 11 heteroatoms. The third-order valence-corrected chi connectivity index (χ3v) is 5.66. The molecule has 0 fully saturated rings. The Bertz CT molecular complexity index is 745. The summed E-state index contributed by atoms with van der Waals surface area (Å²) in [6.07, 6.45) is 0.0306. The SMILES string of the molecule is NS(=O)(=O)CCCNS(=O)(=O)c1ccc(C(=O)O)cc1Br. The number of nitrogens with one attached hydrogen (secondary N) is 1. The number of hydrogen-bond donors (Lipinski definition) is 3. The normalized spacial score (nSPS) is 12.3. The predicted octanol–water partition coefficient (Wildman–Crippen LogP) is 0.104. The molecule has 0 unspecified atom stereocenters. The fourth-order valence-electron chi connectivity index (χ4n) is 1.41. The van der Waals surface area contributed by atoms with Gasteiger partial charge in [0.2, 0.25) is 20.0 Å². The van der Waals surface area contributed by atoms with Crippen molar-refractivity contribution in [1.82, 2.24) is 4.72 Å². The monoisotopic (exact) mass is 400 g/mol. The Balaban J connectivity index is 2.81. The lowest BCUT2D eigenvalue weighted by molar-refractivity contribution is 0.0696. The van der Waals surface area contributed by atoms with Gasteiger partial charge in [-0.1, -0.05) is 0 Å². The van der Waals surface area contributed by atoms with Gasteiger partial charge in [-0.2, -0.15) is 0 Å². The number of carbonyl (C=O) groups is 1. The molecule has 0 radical (unpaired) electrons. The molecule has 0 aliphatic rings. The average molecular weight is 401 g/mol. The van der Waals surface area contributed by atoms with Crippen LogP contribution in [0.25, 0.3) is 0 Å². The first-order valence-corrected chi connectivity index (χ1v) is 9.55. The van der Waals surface area contributed by atoms with Crippen molar-refractivity contribution in [1.29, 1.82) is 0 Å². The second-order valence-corrected chi connectivity index (χ2v) is 8.39. The van der Waals surface area contributed by atoms with Gasteiger partial charge in [0, 0.05) is 11.0 Å². The standard InChI is InChI=1S/C10H13BrN2O6S2/c11-8-6-7(10(14)15)2-3-9(8)21(18,19)13-4-1-5-20(12,16)17/h2-3,6,13H,1,4-5H2,(H,14,15)(H2,12,16,17). The van der Waals surface area contributed by atoms with Gasteiger partial charge in [0.1, 0.15) is 0 Å². The second-order valence-electron chi connectivity index (χ2n) is 4.07. The van der Waals surface area contributed by atoms with Gasteiger partial charge in [-0.15, -0.1) is 0 Å². The average Bonchev–Trinajstić information content (AvgIpc) is 2.33. The Hall–Kier alpha value is -1.01. The predicted molar refractivity (Wildman–Crippen MR) is 78.9 cm³/mol. The first-order valence-electron chi connectivity index (χ1n) is 5.56. The highest BCUT2D eigenvalue weighted by atomic mass is 79.9. The van der Waals surface area contributed by atoms with E-state index in [1.54, 1.807) is 0 Å². The number of nitrogens with two attached hydrogens (primary N) is 1. The first-order chi connectivity index (χ1) is 9.53. The molecule has 21 heavy (non-hydrogen) atoms. The first kappa shape index (κ1) is 18.0. The van der Waals surface area contributed by atoms with Crippen molar-refractivity contribution < 1.29 is 26.7 Å². The van der Waals surface area contributed by atoms with Gasteiger partial charge in [-0.25, -0.2) is 31.5 Å². The highest BCUT2D eigenvalue weighted by Crippen LogP contribution is 2.23. The largest absolute Gasteiger partial charge is 0.478 e. The molecular weight excluding hydrogens is 388 g/mol. The molecule has 0 aliphatic heterocycles. The van der Waals surface area contributed by atoms with Crippen LogP contribution in [0.4, 0.5) is 0 Å². The lowest BCUT2D eigenvalue weighted by Crippen LogP contribution is -2.27. The van der Waals surface area contributed by atoms with Gasteiger partial charge in [-0.05, 0) is 40.5 Å². The van der Waals surface area contributed by atoms with E-state index in [0.29, 0.717) is 0 Å². The van der Waals surface area contributed by atoms with Crippen LogP contribution in [0.2, 0.25) is 0 Å². The van der Waals surface area contributed by atoms with Gasteiger partial charge in [0.05, 0.1) is 16.2 Å². The molecule has 4 N–H and O–H groups in total. The van der Waals surface area contributed by atoms with Crippen molar-refractivity contribution in [3.8, 4) is 0 Å². The Labute approximate surface area is 130 Å². The zero-order chi connectivity index (χ0) is 16.3. The van der Waals surface area contributed by atoms with Gasteiger partial charge in [0.25, 0.3) is 0 Å². The molecule has 0 spiro atoms. The number of primary sulfonamides is 1. The van der Waals surface area contributed by atoms with E-state index in [1.807, 2.05) is 0 Å². The van der Waals surface area contributed by atoms with Crippen LogP contribution in [-0.2, 0) is 20.0 Å². The number of benzene rings is 1. The molecule has 0 saturated carbocycles. The Morgan fingerprint density at radius 2 is 1.90 bits per heavy atom. The molecule has 0 heterocycles. The van der Waals surface area contributed by atoms with E-state index in [-0.39, 0.29) is 33.7 Å². The summed E-state index contributed by atoms with van der Waals surface area (Å²) in [5.74, 6) is -1.52. The number of carboxylic acids is 1. The zero-order valence-electron chi connectivity index (χ0n) is 10.6. The second kappa shape index (κ2) is 6.83. The summed E-state index contributed by atoms with van der Waals surface area (Å²) in [6.45, 7) is -0.105. The molecule has 1 aromatic carbocycles. The van der Waals surface area contributed by atoms with Crippen molar-refractivity contribution in [2.24, 2.45) is 5.14 Å². The molecule has 0 saturated heterocycles. The smallest absolute Gasteiger partial charge is 0.335 e. The van der Waals surface area contributed by atoms with Gasteiger partial charge in [0.15, 0.2) is 0 Å². The molecule has 1 rings (SSSR count). The van der Waals surface area contributed by atoms with Crippen LogP contribution in [0.3, 0.4) is 0 Å². The van der Waals surface area contributed by atoms with Crippen LogP contribution in [0, 0.1) is 0 Å². The zero-order valence-corrected chi connectivity index (χ0v) is 13.8. The molecule has 0 atom stereocenters. The molecule has 0 aliphatic carbocycles. The summed E-state index contributed by atoms with van der Waals surface area (Å²) in [5.41, 5.74) is -0.0601. The molecular formula is C10H13BrN2O6S2. The van der Waals surface area contributed by atoms with Crippen molar-refractivity contribution >= 4 is 41.9 Å². The van der Waals surface area contributed by atoms with Crippen LogP contribution in [-0.4, -0.2) is 40.2 Å². The highest BCUT2D eigenvalue weighted by Gasteiger charge is 2.18. The number of halogens is 1. The van der Waals surface area contributed by atoms with E-state index in [1.165, 1.54) is 6.07 Å². The molecule has 0 bridgehead atoms. The molecule has 118 valence electrons. The number of rotatable bonds is 7. The summed E-state index contributed by atoms with van der Waals surface area (Å²) >= 11 is 2.99. The number of aromatic carboxylic acids is 1. The molecule has 0 aromatic heterocycles. The Kier molecular flexibility index (Phi) is 5.87.